The Labute approximate surface area is 210 Å². The van der Waals surface area contributed by atoms with Gasteiger partial charge in [-0.3, -0.25) is 4.79 Å². The Morgan fingerprint density at radius 2 is 1.94 bits per heavy atom. The quantitative estimate of drug-likeness (QED) is 0.578. The molecule has 188 valence electrons. The predicted octanol–water partition coefficient (Wildman–Crippen LogP) is 2.64. The zero-order chi connectivity index (χ0) is 24.9. The molecule has 6 rings (SSSR count). The maximum atomic E-state index is 12.2. The first-order valence-electron chi connectivity index (χ1n) is 12.7. The Kier molecular flexibility index (Phi) is 5.86. The van der Waals surface area contributed by atoms with E-state index in [1.165, 1.54) is 0 Å². The highest BCUT2D eigenvalue weighted by molar-refractivity contribution is 5.95. The average Bonchev–Trinajstić information content (AvgIpc) is 3.14. The van der Waals surface area contributed by atoms with E-state index in [0.29, 0.717) is 48.9 Å². The zero-order valence-corrected chi connectivity index (χ0v) is 21.0. The summed E-state index contributed by atoms with van der Waals surface area (Å²) in [7, 11) is 1.63. The number of rotatable bonds is 4. The van der Waals surface area contributed by atoms with Crippen molar-refractivity contribution in [1.29, 1.82) is 0 Å². The molecular formula is C27H32N6O3. The Bertz CT molecular complexity index is 1300. The number of ether oxygens (including phenoxy) is 2. The van der Waals surface area contributed by atoms with Crippen LogP contribution in [0.4, 0.5) is 5.82 Å². The summed E-state index contributed by atoms with van der Waals surface area (Å²) in [5, 5.41) is 7.07. The van der Waals surface area contributed by atoms with Gasteiger partial charge in [0.1, 0.15) is 11.4 Å². The SMILES string of the molecule is CNC(=O)c1cccc(-c2ccc3c(N4C5CCC4COC5)nc([C@]4(C)CNC[C@@H](C)O4)nc3n2)c1. The standard InChI is InChI=1S/C27H32N6O3/c1-16-12-29-15-27(2,36-16)26-31-23-21(24(32-26)33-19-7-8-20(33)14-35-13-19)9-10-22(30-23)17-5-4-6-18(11-17)25(34)28-3/h4-6,9-11,16,19-20,29H,7-8,12-15H2,1-3H3,(H,28,34)/t16-,19?,20?,27+/m1/s1. The summed E-state index contributed by atoms with van der Waals surface area (Å²) >= 11 is 0. The van der Waals surface area contributed by atoms with Crippen LogP contribution in [-0.2, 0) is 15.1 Å². The summed E-state index contributed by atoms with van der Waals surface area (Å²) in [6.45, 7) is 6.96. The minimum absolute atomic E-state index is 0.0535. The zero-order valence-electron chi connectivity index (χ0n) is 21.0. The summed E-state index contributed by atoms with van der Waals surface area (Å²) in [5.74, 6) is 1.42. The van der Waals surface area contributed by atoms with Gasteiger partial charge in [-0.05, 0) is 51.0 Å². The molecule has 3 aromatic rings. The van der Waals surface area contributed by atoms with Crippen LogP contribution in [0.3, 0.4) is 0 Å². The molecule has 2 bridgehead atoms. The van der Waals surface area contributed by atoms with Crippen molar-refractivity contribution in [3.63, 3.8) is 0 Å². The number of amides is 1. The number of aromatic nitrogens is 3. The van der Waals surface area contributed by atoms with Gasteiger partial charge in [-0.25, -0.2) is 15.0 Å². The highest BCUT2D eigenvalue weighted by Gasteiger charge is 2.41. The van der Waals surface area contributed by atoms with E-state index in [2.05, 4.69) is 28.5 Å². The van der Waals surface area contributed by atoms with Crippen molar-refractivity contribution < 1.29 is 14.3 Å². The van der Waals surface area contributed by atoms with Crippen LogP contribution in [0.15, 0.2) is 36.4 Å². The molecule has 36 heavy (non-hydrogen) atoms. The van der Waals surface area contributed by atoms with Crippen molar-refractivity contribution in [3.8, 4) is 11.3 Å². The van der Waals surface area contributed by atoms with Crippen LogP contribution >= 0.6 is 0 Å². The number of nitrogens with one attached hydrogen (secondary N) is 2. The molecule has 0 aliphatic carbocycles. The van der Waals surface area contributed by atoms with Crippen LogP contribution in [-0.4, -0.2) is 72.4 Å². The van der Waals surface area contributed by atoms with Gasteiger partial charge in [0.25, 0.3) is 5.91 Å². The van der Waals surface area contributed by atoms with Gasteiger partial charge in [0.2, 0.25) is 0 Å². The Morgan fingerprint density at radius 3 is 2.69 bits per heavy atom. The first-order valence-corrected chi connectivity index (χ1v) is 12.7. The molecule has 3 aliphatic rings. The second kappa shape index (κ2) is 9.06. The maximum absolute atomic E-state index is 12.2. The number of carbonyl (C=O) groups excluding carboxylic acids is 1. The van der Waals surface area contributed by atoms with Crippen LogP contribution < -0.4 is 15.5 Å². The highest BCUT2D eigenvalue weighted by Crippen LogP contribution is 2.38. The van der Waals surface area contributed by atoms with Gasteiger partial charge in [-0.2, -0.15) is 0 Å². The van der Waals surface area contributed by atoms with E-state index in [9.17, 15) is 4.79 Å². The van der Waals surface area contributed by atoms with Crippen molar-refractivity contribution in [1.82, 2.24) is 25.6 Å². The molecule has 3 fully saturated rings. The third kappa shape index (κ3) is 4.01. The minimum Gasteiger partial charge on any atom is -0.377 e. The van der Waals surface area contributed by atoms with Crippen LogP contribution in [0.5, 0.6) is 0 Å². The Hall–Kier alpha value is -3.14. The molecular weight excluding hydrogens is 456 g/mol. The van der Waals surface area contributed by atoms with Gasteiger partial charge in [-0.15, -0.1) is 0 Å². The topological polar surface area (TPSA) is 102 Å². The molecule has 0 radical (unpaired) electrons. The van der Waals surface area contributed by atoms with Crippen molar-refractivity contribution in [2.75, 3.05) is 38.3 Å². The number of nitrogens with zero attached hydrogens (tertiary/aromatic N) is 4. The van der Waals surface area contributed by atoms with E-state index in [4.69, 9.17) is 24.4 Å². The lowest BCUT2D eigenvalue weighted by atomic mass is 10.0. The number of anilines is 1. The highest BCUT2D eigenvalue weighted by atomic mass is 16.5. The predicted molar refractivity (Wildman–Crippen MR) is 137 cm³/mol. The molecule has 2 aromatic heterocycles. The molecule has 1 aromatic carbocycles. The minimum atomic E-state index is -0.664. The molecule has 0 saturated carbocycles. The molecule has 2 unspecified atom stereocenters. The third-order valence-corrected chi connectivity index (χ3v) is 7.50. The third-order valence-electron chi connectivity index (χ3n) is 7.50. The van der Waals surface area contributed by atoms with Gasteiger partial charge < -0.3 is 25.0 Å². The second-order valence-corrected chi connectivity index (χ2v) is 10.2. The number of carbonyl (C=O) groups is 1. The van der Waals surface area contributed by atoms with Crippen LogP contribution in [0, 0.1) is 0 Å². The monoisotopic (exact) mass is 488 g/mol. The van der Waals surface area contributed by atoms with Gasteiger partial charge in [0.05, 0.1) is 42.5 Å². The van der Waals surface area contributed by atoms with E-state index in [1.807, 2.05) is 31.2 Å². The summed E-state index contributed by atoms with van der Waals surface area (Å²) in [5.41, 5.74) is 2.18. The van der Waals surface area contributed by atoms with Gasteiger partial charge >= 0.3 is 0 Å². The van der Waals surface area contributed by atoms with Crippen molar-refractivity contribution in [2.24, 2.45) is 0 Å². The van der Waals surface area contributed by atoms with E-state index in [-0.39, 0.29) is 12.0 Å². The lowest BCUT2D eigenvalue weighted by Crippen LogP contribution is -2.51. The largest absolute Gasteiger partial charge is 0.377 e. The van der Waals surface area contributed by atoms with Crippen molar-refractivity contribution in [2.45, 2.75) is 50.5 Å². The van der Waals surface area contributed by atoms with E-state index in [0.717, 1.165) is 41.8 Å². The van der Waals surface area contributed by atoms with E-state index < -0.39 is 5.60 Å². The summed E-state index contributed by atoms with van der Waals surface area (Å²) in [4.78, 5) is 29.7. The van der Waals surface area contributed by atoms with Gasteiger partial charge in [-0.1, -0.05) is 12.1 Å². The number of hydrogen-bond donors (Lipinski definition) is 2. The average molecular weight is 489 g/mol. The summed E-state index contributed by atoms with van der Waals surface area (Å²) in [6.07, 6.45) is 2.24. The molecule has 1 amide bonds. The van der Waals surface area contributed by atoms with Gasteiger partial charge in [0.15, 0.2) is 11.5 Å². The fourth-order valence-corrected chi connectivity index (χ4v) is 5.70. The summed E-state index contributed by atoms with van der Waals surface area (Å²) in [6, 6.07) is 12.1. The first kappa shape index (κ1) is 23.3. The number of morpholine rings is 2. The molecule has 9 heteroatoms. The molecule has 5 heterocycles. The Morgan fingerprint density at radius 1 is 1.14 bits per heavy atom. The van der Waals surface area contributed by atoms with Crippen LogP contribution in [0.25, 0.3) is 22.3 Å². The second-order valence-electron chi connectivity index (χ2n) is 10.2. The summed E-state index contributed by atoms with van der Waals surface area (Å²) < 4.78 is 12.2. The van der Waals surface area contributed by atoms with Crippen LogP contribution in [0.2, 0.25) is 0 Å². The normalized spacial score (nSPS) is 27.9. The number of fused-ring (bicyclic) bond motifs is 3. The van der Waals surface area contributed by atoms with Crippen LogP contribution in [0.1, 0.15) is 42.9 Å². The molecule has 2 N–H and O–H groups in total. The lowest BCUT2D eigenvalue weighted by Gasteiger charge is -2.39. The van der Waals surface area contributed by atoms with Crippen molar-refractivity contribution >= 4 is 22.8 Å². The van der Waals surface area contributed by atoms with Crippen molar-refractivity contribution in [3.05, 3.63) is 47.8 Å². The number of hydrogen-bond acceptors (Lipinski definition) is 8. The first-order chi connectivity index (χ1) is 17.4. The molecule has 3 saturated heterocycles. The molecule has 4 atom stereocenters. The van der Waals surface area contributed by atoms with E-state index >= 15 is 0 Å². The van der Waals surface area contributed by atoms with E-state index in [1.54, 1.807) is 13.1 Å². The maximum Gasteiger partial charge on any atom is 0.251 e. The Balaban J connectivity index is 1.50. The fourth-order valence-electron chi connectivity index (χ4n) is 5.70. The molecule has 9 nitrogen and oxygen atoms in total. The molecule has 3 aliphatic heterocycles. The van der Waals surface area contributed by atoms with Gasteiger partial charge in [0, 0.05) is 31.3 Å². The fraction of sp³-hybridized carbons (Fsp3) is 0.481. The molecule has 0 spiro atoms. The lowest BCUT2D eigenvalue weighted by molar-refractivity contribution is -0.107. The number of pyridine rings is 1. The number of benzene rings is 1. The smallest absolute Gasteiger partial charge is 0.251 e.